The van der Waals surface area contributed by atoms with Gasteiger partial charge in [0.2, 0.25) is 0 Å². The van der Waals surface area contributed by atoms with E-state index in [4.69, 9.17) is 10.8 Å². The van der Waals surface area contributed by atoms with Crippen molar-refractivity contribution in [2.45, 2.75) is 25.4 Å². The molecule has 1 fully saturated rings. The molecular weight excluding hydrogens is 467 g/mol. The summed E-state index contributed by atoms with van der Waals surface area (Å²) in [5.74, 6) is -0.627. The van der Waals surface area contributed by atoms with Crippen molar-refractivity contribution in [3.05, 3.63) is 66.0 Å². The number of nitrogens with one attached hydrogen (secondary N) is 1. The Balaban J connectivity index is 1.39. The summed E-state index contributed by atoms with van der Waals surface area (Å²) in [6.07, 6.45) is 2.91. The number of rotatable bonds is 5. The molecule has 1 aromatic carbocycles. The second-order valence-electron chi connectivity index (χ2n) is 8.52. The number of carbonyl (C=O) groups excluding carboxylic acids is 1. The minimum Gasteiger partial charge on any atom is -0.465 e. The first kappa shape index (κ1) is 23.1. The molecule has 0 radical (unpaired) electrons. The van der Waals surface area contributed by atoms with E-state index in [1.807, 2.05) is 24.3 Å². The number of halogens is 1. The van der Waals surface area contributed by atoms with Gasteiger partial charge in [0.1, 0.15) is 29.4 Å². The number of piperidine rings is 1. The summed E-state index contributed by atoms with van der Waals surface area (Å²) in [6, 6.07) is 9.76. The van der Waals surface area contributed by atoms with E-state index < -0.39 is 17.8 Å². The highest BCUT2D eigenvalue weighted by Crippen LogP contribution is 2.33. The summed E-state index contributed by atoms with van der Waals surface area (Å²) >= 11 is 0. The lowest BCUT2D eigenvalue weighted by Gasteiger charge is -2.30. The molecule has 0 saturated carbocycles. The molecule has 0 bridgehead atoms. The van der Waals surface area contributed by atoms with Crippen LogP contribution in [0.25, 0.3) is 22.3 Å². The van der Waals surface area contributed by atoms with E-state index in [0.717, 1.165) is 30.2 Å². The average molecular weight is 490 g/mol. The van der Waals surface area contributed by atoms with Crippen molar-refractivity contribution in [3.63, 3.8) is 0 Å². The number of carbonyl (C=O) groups is 2. The fraction of sp³-hybridized carbons (Fsp3) is 0.250. The molecule has 1 aliphatic heterocycles. The van der Waals surface area contributed by atoms with Gasteiger partial charge in [-0.05, 0) is 30.5 Å². The molecule has 36 heavy (non-hydrogen) atoms. The van der Waals surface area contributed by atoms with Gasteiger partial charge in [-0.1, -0.05) is 24.3 Å². The first-order valence-corrected chi connectivity index (χ1v) is 11.4. The zero-order valence-electron chi connectivity index (χ0n) is 19.1. The first-order valence-electron chi connectivity index (χ1n) is 11.4. The molecule has 4 aromatic rings. The third kappa shape index (κ3) is 4.52. The van der Waals surface area contributed by atoms with Crippen LogP contribution >= 0.6 is 0 Å². The molecule has 184 valence electrons. The second-order valence-corrected chi connectivity index (χ2v) is 8.52. The highest BCUT2D eigenvalue weighted by molar-refractivity contribution is 5.98. The first-order chi connectivity index (χ1) is 17.4. The Morgan fingerprint density at radius 2 is 1.94 bits per heavy atom. The SMILES string of the molecule is Nc1ncnc2c1c(-c1ccc(CNC(=O)c3ccc(F)cn3)cc1)nn2[C@@H]1CCCN(C(=O)O)C1. The van der Waals surface area contributed by atoms with Crippen LogP contribution in [0.5, 0.6) is 0 Å². The van der Waals surface area contributed by atoms with Crippen molar-refractivity contribution in [3.8, 4) is 11.3 Å². The molecule has 5 rings (SSSR count). The number of aromatic nitrogens is 5. The van der Waals surface area contributed by atoms with Crippen LogP contribution in [0.4, 0.5) is 15.0 Å². The average Bonchev–Trinajstić information content (AvgIpc) is 3.29. The number of anilines is 1. The number of amides is 2. The van der Waals surface area contributed by atoms with Crippen molar-refractivity contribution >= 4 is 28.9 Å². The lowest BCUT2D eigenvalue weighted by molar-refractivity contribution is 0.0945. The van der Waals surface area contributed by atoms with Gasteiger partial charge in [0.25, 0.3) is 5.91 Å². The van der Waals surface area contributed by atoms with E-state index >= 15 is 0 Å². The molecule has 0 unspecified atom stereocenters. The molecule has 2 amide bonds. The minimum absolute atomic E-state index is 0.129. The number of nitrogens with two attached hydrogens (primary N) is 1. The maximum absolute atomic E-state index is 13.0. The highest BCUT2D eigenvalue weighted by Gasteiger charge is 2.28. The third-order valence-electron chi connectivity index (χ3n) is 6.17. The lowest BCUT2D eigenvalue weighted by atomic mass is 10.1. The maximum Gasteiger partial charge on any atom is 0.407 e. The fourth-order valence-corrected chi connectivity index (χ4v) is 4.34. The number of nitrogen functional groups attached to an aromatic ring is 1. The smallest absolute Gasteiger partial charge is 0.407 e. The summed E-state index contributed by atoms with van der Waals surface area (Å²) in [7, 11) is 0. The van der Waals surface area contributed by atoms with Crippen molar-refractivity contribution in [2.75, 3.05) is 18.8 Å². The Labute approximate surface area is 204 Å². The lowest BCUT2D eigenvalue weighted by Crippen LogP contribution is -2.40. The molecule has 11 nitrogen and oxygen atoms in total. The summed E-state index contributed by atoms with van der Waals surface area (Å²) in [4.78, 5) is 37.4. The van der Waals surface area contributed by atoms with E-state index in [-0.39, 0.29) is 24.1 Å². The molecule has 3 aromatic heterocycles. The second kappa shape index (κ2) is 9.56. The molecule has 0 aliphatic carbocycles. The number of fused-ring (bicyclic) bond motifs is 1. The van der Waals surface area contributed by atoms with Crippen LogP contribution < -0.4 is 11.1 Å². The number of likely N-dealkylation sites (tertiary alicyclic amines) is 1. The van der Waals surface area contributed by atoms with E-state index in [9.17, 15) is 19.1 Å². The summed E-state index contributed by atoms with van der Waals surface area (Å²) in [6.45, 7) is 1.06. The van der Waals surface area contributed by atoms with Gasteiger partial charge in [0.05, 0.1) is 17.6 Å². The third-order valence-corrected chi connectivity index (χ3v) is 6.17. The van der Waals surface area contributed by atoms with Crippen LogP contribution in [0.2, 0.25) is 0 Å². The van der Waals surface area contributed by atoms with Crippen LogP contribution in [0.15, 0.2) is 48.9 Å². The quantitative estimate of drug-likeness (QED) is 0.386. The Morgan fingerprint density at radius 3 is 2.67 bits per heavy atom. The topological polar surface area (TPSA) is 152 Å². The van der Waals surface area contributed by atoms with Gasteiger partial charge < -0.3 is 21.1 Å². The molecule has 4 N–H and O–H groups in total. The maximum atomic E-state index is 13.0. The zero-order chi connectivity index (χ0) is 25.2. The van der Waals surface area contributed by atoms with Crippen LogP contribution in [0, 0.1) is 5.82 Å². The van der Waals surface area contributed by atoms with Crippen LogP contribution in [-0.4, -0.2) is 59.8 Å². The van der Waals surface area contributed by atoms with Crippen molar-refractivity contribution in [1.29, 1.82) is 0 Å². The fourth-order valence-electron chi connectivity index (χ4n) is 4.34. The number of nitrogens with zero attached hydrogens (tertiary/aromatic N) is 6. The van der Waals surface area contributed by atoms with E-state index in [0.29, 0.717) is 29.8 Å². The summed E-state index contributed by atoms with van der Waals surface area (Å²) < 4.78 is 14.8. The highest BCUT2D eigenvalue weighted by atomic mass is 19.1. The van der Waals surface area contributed by atoms with Crippen molar-refractivity contribution in [2.24, 2.45) is 0 Å². The van der Waals surface area contributed by atoms with Gasteiger partial charge in [-0.15, -0.1) is 0 Å². The van der Waals surface area contributed by atoms with Gasteiger partial charge in [-0.25, -0.2) is 28.8 Å². The van der Waals surface area contributed by atoms with Crippen LogP contribution in [0.1, 0.15) is 34.9 Å². The van der Waals surface area contributed by atoms with Gasteiger partial charge in [0.15, 0.2) is 5.65 Å². The Morgan fingerprint density at radius 1 is 1.14 bits per heavy atom. The molecule has 4 heterocycles. The van der Waals surface area contributed by atoms with Crippen LogP contribution in [-0.2, 0) is 6.54 Å². The van der Waals surface area contributed by atoms with E-state index in [2.05, 4.69) is 20.3 Å². The Bertz CT molecular complexity index is 1420. The van der Waals surface area contributed by atoms with E-state index in [1.165, 1.54) is 23.4 Å². The monoisotopic (exact) mass is 490 g/mol. The van der Waals surface area contributed by atoms with Gasteiger partial charge in [-0.2, -0.15) is 5.10 Å². The Kier molecular flexibility index (Phi) is 6.15. The van der Waals surface area contributed by atoms with Gasteiger partial charge >= 0.3 is 6.09 Å². The van der Waals surface area contributed by atoms with Crippen molar-refractivity contribution < 1.29 is 19.1 Å². The number of hydrogen-bond donors (Lipinski definition) is 3. The molecular formula is C24H23FN8O3. The minimum atomic E-state index is -0.955. The van der Waals surface area contributed by atoms with Crippen molar-refractivity contribution in [1.82, 2.24) is 34.9 Å². The number of carboxylic acid groups (broad SMARTS) is 1. The Hall–Kier alpha value is -4.61. The number of benzene rings is 1. The van der Waals surface area contributed by atoms with Gasteiger partial charge in [0, 0.05) is 25.2 Å². The summed E-state index contributed by atoms with van der Waals surface area (Å²) in [5, 5.41) is 17.6. The molecule has 12 heteroatoms. The number of pyridine rings is 1. The normalized spacial score (nSPS) is 15.7. The molecule has 1 saturated heterocycles. The standard InChI is InChI=1S/C24H23FN8O3/c25-16-7-8-18(27-11-16)23(34)28-10-14-3-5-15(6-4-14)20-19-21(26)29-13-30-22(19)33(31-20)17-2-1-9-32(12-17)24(35)36/h3-8,11,13,17H,1-2,9-10,12H2,(H,28,34)(H,35,36)(H2,26,29,30)/t17-/m1/s1. The number of hydrogen-bond acceptors (Lipinski definition) is 7. The molecule has 1 atom stereocenters. The van der Waals surface area contributed by atoms with Crippen LogP contribution in [0.3, 0.4) is 0 Å². The predicted molar refractivity (Wildman–Crippen MR) is 128 cm³/mol. The zero-order valence-corrected chi connectivity index (χ0v) is 19.1. The predicted octanol–water partition coefficient (Wildman–Crippen LogP) is 2.85. The summed E-state index contributed by atoms with van der Waals surface area (Å²) in [5.41, 5.74) is 9.10. The van der Waals surface area contributed by atoms with E-state index in [1.54, 1.807) is 4.68 Å². The van der Waals surface area contributed by atoms with Gasteiger partial charge in [-0.3, -0.25) is 4.79 Å². The molecule has 0 spiro atoms. The largest absolute Gasteiger partial charge is 0.465 e. The molecule has 1 aliphatic rings.